The fourth-order valence-corrected chi connectivity index (χ4v) is 5.73. The van der Waals surface area contributed by atoms with Gasteiger partial charge in [-0.05, 0) is 75.4 Å². The monoisotopic (exact) mass is 455 g/mol. The number of carbonyl (C=O) groups is 2. The third kappa shape index (κ3) is 4.56. The maximum atomic E-state index is 13.5. The van der Waals surface area contributed by atoms with E-state index in [2.05, 4.69) is 0 Å². The molecule has 3 amide bonds. The van der Waals surface area contributed by atoms with E-state index in [1.807, 2.05) is 19.1 Å². The quantitative estimate of drug-likeness (QED) is 0.697. The van der Waals surface area contributed by atoms with E-state index < -0.39 is 15.9 Å². The van der Waals surface area contributed by atoms with Gasteiger partial charge in [0.25, 0.3) is 5.91 Å². The number of imide groups is 1. The predicted octanol–water partition coefficient (Wildman–Crippen LogP) is 4.03. The molecule has 0 atom stereocenters. The summed E-state index contributed by atoms with van der Waals surface area (Å²) in [4.78, 5) is 29.9. The van der Waals surface area contributed by atoms with E-state index in [1.54, 1.807) is 17.0 Å². The summed E-state index contributed by atoms with van der Waals surface area (Å²) in [5, 5.41) is 0. The lowest BCUT2D eigenvalue weighted by Gasteiger charge is -2.32. The number of likely N-dealkylation sites (tertiary alicyclic amines) is 1. The molecule has 0 radical (unpaired) electrons. The van der Waals surface area contributed by atoms with E-state index in [9.17, 15) is 18.0 Å². The van der Waals surface area contributed by atoms with Crippen LogP contribution < -0.4 is 4.90 Å². The third-order valence-electron chi connectivity index (χ3n) is 6.12. The molecule has 0 N–H and O–H groups in total. The molecule has 2 heterocycles. The van der Waals surface area contributed by atoms with Crippen molar-refractivity contribution in [2.75, 3.05) is 31.1 Å². The minimum Gasteiger partial charge on any atom is -0.324 e. The Kier molecular flexibility index (Phi) is 6.62. The van der Waals surface area contributed by atoms with E-state index in [1.165, 1.54) is 33.5 Å². The number of hydrogen-bond donors (Lipinski definition) is 0. The Labute approximate surface area is 189 Å². The molecule has 2 fully saturated rings. The number of amides is 3. The lowest BCUT2D eigenvalue weighted by molar-refractivity contribution is 0.0983. The van der Waals surface area contributed by atoms with Crippen LogP contribution in [0.2, 0.25) is 0 Å². The van der Waals surface area contributed by atoms with Crippen molar-refractivity contribution in [1.29, 1.82) is 0 Å². The van der Waals surface area contributed by atoms with Crippen LogP contribution in [-0.4, -0.2) is 55.7 Å². The molecule has 2 aromatic rings. The Morgan fingerprint density at radius 2 is 1.34 bits per heavy atom. The highest BCUT2D eigenvalue weighted by Crippen LogP contribution is 2.24. The lowest BCUT2D eigenvalue weighted by Crippen LogP contribution is -2.48. The van der Waals surface area contributed by atoms with Gasteiger partial charge in [-0.15, -0.1) is 0 Å². The summed E-state index contributed by atoms with van der Waals surface area (Å²) >= 11 is 0. The zero-order chi connectivity index (χ0) is 22.7. The maximum absolute atomic E-state index is 13.5. The van der Waals surface area contributed by atoms with E-state index >= 15 is 0 Å². The van der Waals surface area contributed by atoms with Gasteiger partial charge in [0.05, 0.1) is 10.6 Å². The van der Waals surface area contributed by atoms with Crippen molar-refractivity contribution in [1.82, 2.24) is 9.21 Å². The molecule has 0 spiro atoms. The second-order valence-electron chi connectivity index (χ2n) is 8.44. The first-order chi connectivity index (χ1) is 15.4. The lowest BCUT2D eigenvalue weighted by atomic mass is 10.1. The van der Waals surface area contributed by atoms with Crippen LogP contribution in [0.4, 0.5) is 10.5 Å². The second-order valence-corrected chi connectivity index (χ2v) is 10.4. The van der Waals surface area contributed by atoms with Crippen molar-refractivity contribution >= 4 is 27.6 Å². The maximum Gasteiger partial charge on any atom is 0.331 e. The van der Waals surface area contributed by atoms with Gasteiger partial charge in [0.1, 0.15) is 0 Å². The standard InChI is InChI=1S/C24H29N3O4S/c1-19-7-11-21(12-8-19)27(24(29)25-15-3-2-4-16-25)23(28)20-9-13-22(14-10-20)32(30,31)26-17-5-6-18-26/h7-14H,2-6,15-18H2,1H3. The van der Waals surface area contributed by atoms with Crippen LogP contribution in [0.25, 0.3) is 0 Å². The number of aryl methyl sites for hydroxylation is 1. The summed E-state index contributed by atoms with van der Waals surface area (Å²) in [7, 11) is -3.56. The van der Waals surface area contributed by atoms with Gasteiger partial charge in [0.15, 0.2) is 0 Å². The van der Waals surface area contributed by atoms with E-state index in [4.69, 9.17) is 0 Å². The molecule has 7 nitrogen and oxygen atoms in total. The van der Waals surface area contributed by atoms with Crippen molar-refractivity contribution in [3.8, 4) is 0 Å². The summed E-state index contributed by atoms with van der Waals surface area (Å²) in [5.74, 6) is -0.463. The van der Waals surface area contributed by atoms with Crippen LogP contribution in [0, 0.1) is 6.92 Å². The molecule has 8 heteroatoms. The van der Waals surface area contributed by atoms with Gasteiger partial charge in [-0.3, -0.25) is 4.79 Å². The van der Waals surface area contributed by atoms with Crippen LogP contribution >= 0.6 is 0 Å². The summed E-state index contributed by atoms with van der Waals surface area (Å²) in [6.07, 6.45) is 4.64. The molecule has 2 aliphatic rings. The molecular weight excluding hydrogens is 426 g/mol. The Morgan fingerprint density at radius 3 is 1.94 bits per heavy atom. The van der Waals surface area contributed by atoms with E-state index in [-0.39, 0.29) is 16.5 Å². The van der Waals surface area contributed by atoms with E-state index in [0.717, 1.165) is 37.7 Å². The Morgan fingerprint density at radius 1 is 0.781 bits per heavy atom. The third-order valence-corrected chi connectivity index (χ3v) is 8.03. The average molecular weight is 456 g/mol. The minimum absolute atomic E-state index is 0.167. The number of carbonyl (C=O) groups excluding carboxylic acids is 2. The molecule has 0 bridgehead atoms. The van der Waals surface area contributed by atoms with Crippen molar-refractivity contribution in [2.45, 2.75) is 43.9 Å². The smallest absolute Gasteiger partial charge is 0.324 e. The molecule has 170 valence electrons. The highest BCUT2D eigenvalue weighted by Gasteiger charge is 2.31. The topological polar surface area (TPSA) is 78.0 Å². The Balaban J connectivity index is 1.63. The van der Waals surface area contributed by atoms with Gasteiger partial charge in [-0.25, -0.2) is 18.1 Å². The van der Waals surface area contributed by atoms with Gasteiger partial charge in [0.2, 0.25) is 10.0 Å². The number of piperidine rings is 1. The molecule has 4 rings (SSSR count). The molecule has 2 aromatic carbocycles. The fraction of sp³-hybridized carbons (Fsp3) is 0.417. The molecule has 2 aliphatic heterocycles. The largest absolute Gasteiger partial charge is 0.331 e. The van der Waals surface area contributed by atoms with Crippen molar-refractivity contribution in [2.24, 2.45) is 0 Å². The first-order valence-electron chi connectivity index (χ1n) is 11.2. The predicted molar refractivity (Wildman–Crippen MR) is 123 cm³/mol. The zero-order valence-corrected chi connectivity index (χ0v) is 19.2. The average Bonchev–Trinajstić information content (AvgIpc) is 3.37. The fourth-order valence-electron chi connectivity index (χ4n) is 4.21. The van der Waals surface area contributed by atoms with Crippen molar-refractivity contribution in [3.05, 3.63) is 59.7 Å². The molecule has 0 saturated carbocycles. The van der Waals surface area contributed by atoms with Gasteiger partial charge < -0.3 is 4.90 Å². The van der Waals surface area contributed by atoms with Crippen LogP contribution in [-0.2, 0) is 10.0 Å². The van der Waals surface area contributed by atoms with Gasteiger partial charge in [-0.2, -0.15) is 4.31 Å². The summed E-state index contributed by atoms with van der Waals surface area (Å²) in [6, 6.07) is 12.8. The van der Waals surface area contributed by atoms with Crippen LogP contribution in [0.5, 0.6) is 0 Å². The number of hydrogen-bond acceptors (Lipinski definition) is 4. The highest BCUT2D eigenvalue weighted by atomic mass is 32.2. The van der Waals surface area contributed by atoms with Crippen LogP contribution in [0.15, 0.2) is 53.4 Å². The normalized spacial score (nSPS) is 17.3. The summed E-state index contributed by atoms with van der Waals surface area (Å²) in [5.41, 5.74) is 1.81. The number of rotatable bonds is 4. The molecule has 32 heavy (non-hydrogen) atoms. The van der Waals surface area contributed by atoms with Gasteiger partial charge >= 0.3 is 6.03 Å². The van der Waals surface area contributed by atoms with Crippen LogP contribution in [0.3, 0.4) is 0 Å². The number of anilines is 1. The minimum atomic E-state index is -3.56. The first-order valence-corrected chi connectivity index (χ1v) is 12.6. The molecule has 0 aromatic heterocycles. The molecule has 2 saturated heterocycles. The number of benzene rings is 2. The second kappa shape index (κ2) is 9.42. The number of urea groups is 1. The molecule has 0 unspecified atom stereocenters. The van der Waals surface area contributed by atoms with Crippen LogP contribution in [0.1, 0.15) is 48.0 Å². The SMILES string of the molecule is Cc1ccc(N(C(=O)c2ccc(S(=O)(=O)N3CCCC3)cc2)C(=O)N2CCCCC2)cc1. The zero-order valence-electron chi connectivity index (χ0n) is 18.4. The number of sulfonamides is 1. The highest BCUT2D eigenvalue weighted by molar-refractivity contribution is 7.89. The van der Waals surface area contributed by atoms with E-state index in [0.29, 0.717) is 31.9 Å². The first kappa shape index (κ1) is 22.5. The summed E-state index contributed by atoms with van der Waals surface area (Å²) in [6.45, 7) is 4.24. The van der Waals surface area contributed by atoms with Crippen molar-refractivity contribution in [3.63, 3.8) is 0 Å². The Bertz CT molecular complexity index is 1070. The van der Waals surface area contributed by atoms with Gasteiger partial charge in [0, 0.05) is 31.7 Å². The number of nitrogens with zero attached hydrogens (tertiary/aromatic N) is 3. The molecular formula is C24H29N3O4S. The summed E-state index contributed by atoms with van der Waals surface area (Å²) < 4.78 is 27.0. The van der Waals surface area contributed by atoms with Crippen molar-refractivity contribution < 1.29 is 18.0 Å². The molecule has 0 aliphatic carbocycles. The van der Waals surface area contributed by atoms with Gasteiger partial charge in [-0.1, -0.05) is 17.7 Å². The Hall–Kier alpha value is -2.71.